The number of carbonyl (C=O) groups excluding carboxylic acids is 2. The number of anilines is 1. The molecule has 0 radical (unpaired) electrons. The van der Waals surface area contributed by atoms with Crippen molar-refractivity contribution in [2.45, 2.75) is 13.8 Å². The topological polar surface area (TPSA) is 85.7 Å². The molecule has 4 aromatic rings. The molecule has 2 amide bonds. The van der Waals surface area contributed by atoms with E-state index in [2.05, 4.69) is 5.32 Å². The van der Waals surface area contributed by atoms with E-state index in [-0.39, 0.29) is 30.9 Å². The van der Waals surface area contributed by atoms with Crippen molar-refractivity contribution in [3.05, 3.63) is 91.0 Å². The van der Waals surface area contributed by atoms with Gasteiger partial charge >= 0.3 is 0 Å². The van der Waals surface area contributed by atoms with Crippen LogP contribution in [0.1, 0.15) is 13.8 Å². The third kappa shape index (κ3) is 7.00. The Morgan fingerprint density at radius 2 is 1.58 bits per heavy atom. The number of nitrogens with zero attached hydrogens (tertiary/aromatic N) is 3. The molecule has 4 rings (SSSR count). The molecule has 0 aliphatic heterocycles. The molecule has 0 aliphatic carbocycles. The van der Waals surface area contributed by atoms with Gasteiger partial charge in [0.15, 0.2) is 6.61 Å². The van der Waals surface area contributed by atoms with Crippen LogP contribution in [0.15, 0.2) is 91.0 Å². The zero-order chi connectivity index (χ0) is 26.9. The summed E-state index contributed by atoms with van der Waals surface area (Å²) in [6.07, 6.45) is 0. The minimum Gasteiger partial charge on any atom is -0.497 e. The van der Waals surface area contributed by atoms with Gasteiger partial charge in [-0.25, -0.2) is 4.68 Å². The fourth-order valence-electron chi connectivity index (χ4n) is 3.94. The smallest absolute Gasteiger partial charge is 0.260 e. The molecule has 1 aromatic heterocycles. The van der Waals surface area contributed by atoms with Crippen molar-refractivity contribution in [2.75, 3.05) is 32.1 Å². The highest BCUT2D eigenvalue weighted by Crippen LogP contribution is 2.26. The van der Waals surface area contributed by atoms with Gasteiger partial charge in [-0.2, -0.15) is 5.10 Å². The molecule has 38 heavy (non-hydrogen) atoms. The summed E-state index contributed by atoms with van der Waals surface area (Å²) in [6, 6.07) is 28.1. The van der Waals surface area contributed by atoms with Crippen LogP contribution in [0, 0.1) is 5.92 Å². The van der Waals surface area contributed by atoms with E-state index in [0.29, 0.717) is 23.8 Å². The molecule has 0 spiro atoms. The lowest BCUT2D eigenvalue weighted by Crippen LogP contribution is -2.42. The standard InChI is InChI=1S/C30H32N4O4/c1-22(2)19-33(30(36)21-38-26-12-8-5-9-13-26)20-29(35)31-28-18-27(23-10-6-4-7-11-23)32-34(28)24-14-16-25(37-3)17-15-24/h4-18,22H,19-21H2,1-3H3,(H,31,35). The molecule has 8 heteroatoms. The van der Waals surface area contributed by atoms with E-state index < -0.39 is 0 Å². The van der Waals surface area contributed by atoms with Crippen LogP contribution < -0.4 is 14.8 Å². The first kappa shape index (κ1) is 26.5. The monoisotopic (exact) mass is 512 g/mol. The number of benzene rings is 3. The number of carbonyl (C=O) groups is 2. The molecule has 0 unspecified atom stereocenters. The quantitative estimate of drug-likeness (QED) is 0.304. The average Bonchev–Trinajstić information content (AvgIpc) is 3.35. The molecular weight excluding hydrogens is 480 g/mol. The molecule has 196 valence electrons. The van der Waals surface area contributed by atoms with E-state index in [1.54, 1.807) is 23.9 Å². The summed E-state index contributed by atoms with van der Waals surface area (Å²) < 4.78 is 12.6. The molecule has 0 saturated carbocycles. The van der Waals surface area contributed by atoms with Crippen molar-refractivity contribution in [1.29, 1.82) is 0 Å². The first-order valence-corrected chi connectivity index (χ1v) is 12.5. The summed E-state index contributed by atoms with van der Waals surface area (Å²) in [6.45, 7) is 4.18. The van der Waals surface area contributed by atoms with Crippen LogP contribution in [-0.2, 0) is 9.59 Å². The number of rotatable bonds is 11. The van der Waals surface area contributed by atoms with Gasteiger partial charge in [-0.1, -0.05) is 62.4 Å². The maximum atomic E-state index is 13.2. The van der Waals surface area contributed by atoms with Crippen molar-refractivity contribution in [1.82, 2.24) is 14.7 Å². The van der Waals surface area contributed by atoms with E-state index in [1.807, 2.05) is 92.7 Å². The second kappa shape index (κ2) is 12.6. The molecule has 0 fully saturated rings. The molecule has 1 N–H and O–H groups in total. The zero-order valence-electron chi connectivity index (χ0n) is 21.8. The van der Waals surface area contributed by atoms with Crippen LogP contribution in [0.3, 0.4) is 0 Å². The van der Waals surface area contributed by atoms with Crippen molar-refractivity contribution < 1.29 is 19.1 Å². The van der Waals surface area contributed by atoms with E-state index in [0.717, 1.165) is 17.0 Å². The highest BCUT2D eigenvalue weighted by molar-refractivity contribution is 5.94. The van der Waals surface area contributed by atoms with Gasteiger partial charge in [-0.05, 0) is 42.3 Å². The Morgan fingerprint density at radius 1 is 0.921 bits per heavy atom. The minimum absolute atomic E-state index is 0.108. The predicted octanol–water partition coefficient (Wildman–Crippen LogP) is 5.05. The first-order chi connectivity index (χ1) is 18.4. The zero-order valence-corrected chi connectivity index (χ0v) is 21.8. The van der Waals surface area contributed by atoms with Gasteiger partial charge in [0.2, 0.25) is 5.91 Å². The van der Waals surface area contributed by atoms with E-state index in [9.17, 15) is 9.59 Å². The average molecular weight is 513 g/mol. The number of hydrogen-bond donors (Lipinski definition) is 1. The summed E-state index contributed by atoms with van der Waals surface area (Å²) in [5, 5.41) is 7.70. The number of methoxy groups -OCH3 is 1. The lowest BCUT2D eigenvalue weighted by Gasteiger charge is -2.24. The number of hydrogen-bond acceptors (Lipinski definition) is 5. The Hall–Kier alpha value is -4.59. The molecule has 0 saturated heterocycles. The van der Waals surface area contributed by atoms with Gasteiger partial charge < -0.3 is 19.7 Å². The Balaban J connectivity index is 1.53. The summed E-state index contributed by atoms with van der Waals surface area (Å²) in [5.74, 6) is 1.41. The Kier molecular flexibility index (Phi) is 8.77. The maximum absolute atomic E-state index is 13.2. The minimum atomic E-state index is -0.326. The summed E-state index contributed by atoms with van der Waals surface area (Å²) >= 11 is 0. The summed E-state index contributed by atoms with van der Waals surface area (Å²) in [4.78, 5) is 27.7. The highest BCUT2D eigenvalue weighted by Gasteiger charge is 2.21. The van der Waals surface area contributed by atoms with Crippen molar-refractivity contribution in [2.24, 2.45) is 5.92 Å². The normalized spacial score (nSPS) is 10.7. The second-order valence-corrected chi connectivity index (χ2v) is 9.21. The van der Waals surface area contributed by atoms with E-state index in [4.69, 9.17) is 14.6 Å². The van der Waals surface area contributed by atoms with Crippen LogP contribution in [0.5, 0.6) is 11.5 Å². The number of ether oxygens (including phenoxy) is 2. The van der Waals surface area contributed by atoms with Gasteiger partial charge in [0, 0.05) is 18.2 Å². The molecule has 3 aromatic carbocycles. The molecule has 0 aliphatic rings. The third-order valence-corrected chi connectivity index (χ3v) is 5.74. The van der Waals surface area contributed by atoms with Crippen LogP contribution in [-0.4, -0.2) is 53.3 Å². The van der Waals surface area contributed by atoms with Crippen LogP contribution in [0.4, 0.5) is 5.82 Å². The lowest BCUT2D eigenvalue weighted by atomic mass is 10.1. The third-order valence-electron chi connectivity index (χ3n) is 5.74. The van der Waals surface area contributed by atoms with Crippen molar-refractivity contribution >= 4 is 17.6 Å². The van der Waals surface area contributed by atoms with Gasteiger partial charge in [0.1, 0.15) is 23.9 Å². The van der Waals surface area contributed by atoms with E-state index >= 15 is 0 Å². The van der Waals surface area contributed by atoms with Crippen molar-refractivity contribution in [3.63, 3.8) is 0 Å². The lowest BCUT2D eigenvalue weighted by molar-refractivity contribution is -0.137. The molecule has 0 atom stereocenters. The van der Waals surface area contributed by atoms with E-state index in [1.165, 1.54) is 4.90 Å². The molecule has 8 nitrogen and oxygen atoms in total. The summed E-state index contributed by atoms with van der Waals surface area (Å²) in [5.41, 5.74) is 2.39. The maximum Gasteiger partial charge on any atom is 0.260 e. The number of nitrogens with one attached hydrogen (secondary N) is 1. The largest absolute Gasteiger partial charge is 0.497 e. The first-order valence-electron chi connectivity index (χ1n) is 12.5. The van der Waals surface area contributed by atoms with Gasteiger partial charge in [-0.15, -0.1) is 0 Å². The molecular formula is C30H32N4O4. The predicted molar refractivity (Wildman–Crippen MR) is 148 cm³/mol. The number of para-hydroxylation sites is 1. The van der Waals surface area contributed by atoms with Crippen LogP contribution in [0.25, 0.3) is 16.9 Å². The van der Waals surface area contributed by atoms with Gasteiger partial charge in [-0.3, -0.25) is 9.59 Å². The van der Waals surface area contributed by atoms with Gasteiger partial charge in [0.25, 0.3) is 5.91 Å². The second-order valence-electron chi connectivity index (χ2n) is 9.21. The highest BCUT2D eigenvalue weighted by atomic mass is 16.5. The van der Waals surface area contributed by atoms with Gasteiger partial charge in [0.05, 0.1) is 18.5 Å². The SMILES string of the molecule is COc1ccc(-n2nc(-c3ccccc3)cc2NC(=O)CN(CC(C)C)C(=O)COc2ccccc2)cc1. The Labute approximate surface area is 222 Å². The fraction of sp³-hybridized carbons (Fsp3) is 0.233. The fourth-order valence-corrected chi connectivity index (χ4v) is 3.94. The Bertz CT molecular complexity index is 1340. The Morgan fingerprint density at radius 3 is 2.21 bits per heavy atom. The molecule has 1 heterocycles. The summed E-state index contributed by atoms with van der Waals surface area (Å²) in [7, 11) is 1.61. The number of amides is 2. The molecule has 0 bridgehead atoms. The van der Waals surface area contributed by atoms with Crippen molar-refractivity contribution in [3.8, 4) is 28.4 Å². The number of aromatic nitrogens is 2. The van der Waals surface area contributed by atoms with Crippen LogP contribution in [0.2, 0.25) is 0 Å². The van der Waals surface area contributed by atoms with Crippen LogP contribution >= 0.6 is 0 Å².